The Bertz CT molecular complexity index is 983. The van der Waals surface area contributed by atoms with Crippen LogP contribution in [0.2, 0.25) is 15.1 Å². The van der Waals surface area contributed by atoms with Gasteiger partial charge in [0, 0.05) is 23.7 Å². The van der Waals surface area contributed by atoms with E-state index in [0.717, 1.165) is 0 Å². The van der Waals surface area contributed by atoms with Crippen molar-refractivity contribution in [2.45, 2.75) is 31.3 Å². The van der Waals surface area contributed by atoms with Crippen molar-refractivity contribution < 1.29 is 23.5 Å². The zero-order valence-electron chi connectivity index (χ0n) is 16.5. The smallest absolute Gasteiger partial charge is 0.258 e. The number of hydrogen-bond donors (Lipinski definition) is 2. The molecule has 0 spiro atoms. The van der Waals surface area contributed by atoms with Crippen molar-refractivity contribution >= 4 is 46.6 Å². The highest BCUT2D eigenvalue weighted by molar-refractivity contribution is 6.42. The maximum atomic E-state index is 13.1. The van der Waals surface area contributed by atoms with E-state index in [1.807, 2.05) is 6.92 Å². The molecular formula is C21H20Cl3FN2O4. The fourth-order valence-corrected chi connectivity index (χ4v) is 3.76. The summed E-state index contributed by atoms with van der Waals surface area (Å²) in [6, 6.07) is 8.53. The van der Waals surface area contributed by atoms with Crippen LogP contribution >= 0.6 is 34.8 Å². The highest BCUT2D eigenvalue weighted by Gasteiger charge is 2.42. The molecule has 0 atom stereocenters. The molecule has 0 saturated heterocycles. The first-order chi connectivity index (χ1) is 14.6. The fraction of sp³-hybridized carbons (Fsp3) is 0.333. The van der Waals surface area contributed by atoms with E-state index in [9.17, 15) is 14.0 Å². The number of benzene rings is 2. The van der Waals surface area contributed by atoms with Crippen molar-refractivity contribution in [1.82, 2.24) is 10.6 Å². The Hall–Kier alpha value is -2.22. The van der Waals surface area contributed by atoms with Crippen molar-refractivity contribution in [3.63, 3.8) is 0 Å². The minimum absolute atomic E-state index is 0.0773. The van der Waals surface area contributed by atoms with E-state index < -0.39 is 11.4 Å². The topological polar surface area (TPSA) is 76.7 Å². The standard InChI is InChI=1S/C21H20Cl3FN2O4/c1-21(27-20(29)11-31-13-2-4-15(22)16(23)6-13)8-12(9-21)26-19(28)10-30-14-3-5-18(25)17(24)7-14/h2-7,12H,8-11H2,1H3,(H,26,28)(H,27,29). The van der Waals surface area contributed by atoms with E-state index in [1.54, 1.807) is 12.1 Å². The van der Waals surface area contributed by atoms with Gasteiger partial charge in [0.1, 0.15) is 17.3 Å². The Morgan fingerprint density at radius 2 is 1.55 bits per heavy atom. The van der Waals surface area contributed by atoms with Crippen LogP contribution in [0.5, 0.6) is 11.5 Å². The third-order valence-electron chi connectivity index (χ3n) is 4.72. The summed E-state index contributed by atoms with van der Waals surface area (Å²) in [5.74, 6) is -0.418. The van der Waals surface area contributed by atoms with Gasteiger partial charge in [0.25, 0.3) is 11.8 Å². The molecule has 2 N–H and O–H groups in total. The van der Waals surface area contributed by atoms with Gasteiger partial charge in [-0.1, -0.05) is 34.8 Å². The molecule has 1 aliphatic carbocycles. The molecular weight excluding hydrogens is 470 g/mol. The third-order valence-corrected chi connectivity index (χ3v) is 5.75. The summed E-state index contributed by atoms with van der Waals surface area (Å²) in [6.07, 6.45) is 1.14. The summed E-state index contributed by atoms with van der Waals surface area (Å²) in [6.45, 7) is 1.50. The predicted molar refractivity (Wildman–Crippen MR) is 117 cm³/mol. The molecule has 0 unspecified atom stereocenters. The number of halogens is 4. The Labute approximate surface area is 193 Å². The first-order valence-electron chi connectivity index (χ1n) is 9.40. The molecule has 1 aliphatic rings. The largest absolute Gasteiger partial charge is 0.484 e. The molecule has 0 aliphatic heterocycles. The molecule has 3 rings (SSSR count). The Kier molecular flexibility index (Phi) is 7.51. The number of amides is 2. The lowest BCUT2D eigenvalue weighted by atomic mass is 9.74. The second-order valence-corrected chi connectivity index (χ2v) is 8.73. The Morgan fingerprint density at radius 3 is 2.16 bits per heavy atom. The zero-order valence-corrected chi connectivity index (χ0v) is 18.8. The molecule has 1 saturated carbocycles. The minimum Gasteiger partial charge on any atom is -0.484 e. The Morgan fingerprint density at radius 1 is 0.968 bits per heavy atom. The molecule has 0 aromatic heterocycles. The fourth-order valence-electron chi connectivity index (χ4n) is 3.31. The summed E-state index contributed by atoms with van der Waals surface area (Å²) >= 11 is 17.4. The van der Waals surface area contributed by atoms with E-state index in [-0.39, 0.29) is 36.1 Å². The maximum Gasteiger partial charge on any atom is 0.258 e. The lowest BCUT2D eigenvalue weighted by Gasteiger charge is -2.45. The number of nitrogens with one attached hydrogen (secondary N) is 2. The second kappa shape index (κ2) is 9.94. The van der Waals surface area contributed by atoms with Crippen LogP contribution < -0.4 is 20.1 Å². The van der Waals surface area contributed by atoms with E-state index in [0.29, 0.717) is 34.4 Å². The number of carbonyl (C=O) groups excluding carboxylic acids is 2. The van der Waals surface area contributed by atoms with Crippen LogP contribution in [0, 0.1) is 5.82 Å². The Balaban J connectivity index is 1.36. The average molecular weight is 490 g/mol. The van der Waals surface area contributed by atoms with Gasteiger partial charge >= 0.3 is 0 Å². The first kappa shape index (κ1) is 23.4. The van der Waals surface area contributed by atoms with Crippen LogP contribution in [-0.2, 0) is 9.59 Å². The van der Waals surface area contributed by atoms with Gasteiger partial charge in [-0.15, -0.1) is 0 Å². The average Bonchev–Trinajstić information content (AvgIpc) is 2.68. The van der Waals surface area contributed by atoms with Gasteiger partial charge in [0.05, 0.1) is 15.1 Å². The summed E-state index contributed by atoms with van der Waals surface area (Å²) < 4.78 is 23.9. The van der Waals surface area contributed by atoms with E-state index >= 15 is 0 Å². The highest BCUT2D eigenvalue weighted by atomic mass is 35.5. The molecule has 0 bridgehead atoms. The van der Waals surface area contributed by atoms with E-state index in [4.69, 9.17) is 44.3 Å². The summed E-state index contributed by atoms with van der Waals surface area (Å²) in [4.78, 5) is 24.2. The molecule has 0 radical (unpaired) electrons. The van der Waals surface area contributed by atoms with Crippen molar-refractivity contribution in [3.05, 3.63) is 57.3 Å². The van der Waals surface area contributed by atoms with Crippen LogP contribution in [0.15, 0.2) is 36.4 Å². The van der Waals surface area contributed by atoms with Crippen LogP contribution in [-0.4, -0.2) is 36.6 Å². The van der Waals surface area contributed by atoms with Gasteiger partial charge in [0.15, 0.2) is 13.2 Å². The molecule has 0 heterocycles. The molecule has 166 valence electrons. The predicted octanol–water partition coefficient (Wildman–Crippen LogP) is 4.40. The second-order valence-electron chi connectivity index (χ2n) is 7.51. The van der Waals surface area contributed by atoms with Gasteiger partial charge in [0.2, 0.25) is 0 Å². The third kappa shape index (κ3) is 6.63. The van der Waals surface area contributed by atoms with Crippen LogP contribution in [0.4, 0.5) is 4.39 Å². The van der Waals surface area contributed by atoms with Crippen molar-refractivity contribution in [2.24, 2.45) is 0 Å². The monoisotopic (exact) mass is 488 g/mol. The van der Waals surface area contributed by atoms with Gasteiger partial charge in [-0.2, -0.15) is 0 Å². The summed E-state index contributed by atoms with van der Waals surface area (Å²) in [5, 5.41) is 6.40. The van der Waals surface area contributed by atoms with E-state index in [2.05, 4.69) is 10.6 Å². The van der Waals surface area contributed by atoms with Gasteiger partial charge in [-0.3, -0.25) is 9.59 Å². The zero-order chi connectivity index (χ0) is 22.6. The van der Waals surface area contributed by atoms with Crippen LogP contribution in [0.25, 0.3) is 0 Å². The molecule has 2 amide bonds. The van der Waals surface area contributed by atoms with Gasteiger partial charge < -0.3 is 20.1 Å². The van der Waals surface area contributed by atoms with Crippen molar-refractivity contribution in [2.75, 3.05) is 13.2 Å². The minimum atomic E-state index is -0.559. The molecule has 10 heteroatoms. The molecule has 2 aromatic rings. The highest BCUT2D eigenvalue weighted by Crippen LogP contribution is 2.32. The van der Waals surface area contributed by atoms with Crippen molar-refractivity contribution in [1.29, 1.82) is 0 Å². The lowest BCUT2D eigenvalue weighted by molar-refractivity contribution is -0.127. The SMILES string of the molecule is CC1(NC(=O)COc2ccc(Cl)c(Cl)c2)CC(NC(=O)COc2ccc(F)c(Cl)c2)C1. The number of ether oxygens (including phenoxy) is 2. The molecule has 6 nitrogen and oxygen atoms in total. The van der Waals surface area contributed by atoms with Crippen LogP contribution in [0.3, 0.4) is 0 Å². The maximum absolute atomic E-state index is 13.1. The quantitative estimate of drug-likeness (QED) is 0.576. The number of carbonyl (C=O) groups is 2. The van der Waals surface area contributed by atoms with E-state index in [1.165, 1.54) is 24.3 Å². The molecule has 1 fully saturated rings. The van der Waals surface area contributed by atoms with Crippen molar-refractivity contribution in [3.8, 4) is 11.5 Å². The lowest BCUT2D eigenvalue weighted by Crippen LogP contribution is -2.62. The van der Waals surface area contributed by atoms with Crippen LogP contribution in [0.1, 0.15) is 19.8 Å². The number of rotatable bonds is 8. The first-order valence-corrected chi connectivity index (χ1v) is 10.5. The number of hydrogen-bond acceptors (Lipinski definition) is 4. The summed E-state index contributed by atoms with van der Waals surface area (Å²) in [7, 11) is 0. The van der Waals surface area contributed by atoms with Gasteiger partial charge in [-0.05, 0) is 44.0 Å². The molecule has 2 aromatic carbocycles. The molecule has 31 heavy (non-hydrogen) atoms. The normalized spacial score (nSPS) is 19.8. The van der Waals surface area contributed by atoms with Gasteiger partial charge in [-0.25, -0.2) is 4.39 Å². The summed E-state index contributed by atoms with van der Waals surface area (Å²) in [5.41, 5.74) is -0.443.